The molecule has 9 heteroatoms. The summed E-state index contributed by atoms with van der Waals surface area (Å²) in [6.45, 7) is 5.26. The van der Waals surface area contributed by atoms with E-state index in [1.165, 1.54) is 12.8 Å². The third-order valence-corrected chi connectivity index (χ3v) is 6.68. The van der Waals surface area contributed by atoms with Crippen molar-refractivity contribution in [1.29, 1.82) is 0 Å². The number of carbonyl (C=O) groups is 1. The topological polar surface area (TPSA) is 102 Å². The number of nitrogens with zero attached hydrogens (tertiary/aromatic N) is 2. The van der Waals surface area contributed by atoms with Crippen molar-refractivity contribution in [2.45, 2.75) is 32.7 Å². The van der Waals surface area contributed by atoms with Crippen molar-refractivity contribution < 1.29 is 18.3 Å². The predicted octanol–water partition coefficient (Wildman–Crippen LogP) is 0.703. The standard InChI is InChI=1S/C18H28N4O4S/c1-13-9-15(11-19-6-3-14-4-7-21(2)8-5-14)10-16(23)18(13)22-12-17(24)20-27(22,25)26/h9-10,14,19,23H,3-8,11-12H2,1-2H3,(H,20,24). The van der Waals surface area contributed by atoms with Crippen molar-refractivity contribution in [2.75, 3.05) is 37.5 Å². The first-order valence-electron chi connectivity index (χ1n) is 9.31. The van der Waals surface area contributed by atoms with E-state index in [1.54, 1.807) is 13.0 Å². The summed E-state index contributed by atoms with van der Waals surface area (Å²) < 4.78 is 26.9. The van der Waals surface area contributed by atoms with Crippen molar-refractivity contribution in [2.24, 2.45) is 5.92 Å². The Morgan fingerprint density at radius 1 is 1.30 bits per heavy atom. The molecule has 2 fully saturated rings. The van der Waals surface area contributed by atoms with Gasteiger partial charge in [0, 0.05) is 6.54 Å². The number of hydrogen-bond acceptors (Lipinski definition) is 6. The molecule has 0 saturated carbocycles. The summed E-state index contributed by atoms with van der Waals surface area (Å²) >= 11 is 0. The lowest BCUT2D eigenvalue weighted by Crippen LogP contribution is -2.31. The summed E-state index contributed by atoms with van der Waals surface area (Å²) in [6.07, 6.45) is 3.62. The maximum absolute atomic E-state index is 12.0. The molecule has 0 spiro atoms. The van der Waals surface area contributed by atoms with Crippen LogP contribution in [0.15, 0.2) is 12.1 Å². The highest BCUT2D eigenvalue weighted by Gasteiger charge is 2.36. The molecule has 0 aliphatic carbocycles. The van der Waals surface area contributed by atoms with Gasteiger partial charge in [-0.1, -0.05) is 6.07 Å². The number of phenols is 1. The predicted molar refractivity (Wildman–Crippen MR) is 104 cm³/mol. The van der Waals surface area contributed by atoms with Gasteiger partial charge in [-0.05, 0) is 76.0 Å². The SMILES string of the molecule is Cc1cc(CNCCC2CCN(C)CC2)cc(O)c1N1CC(=O)NS1(=O)=O. The normalized spacial score (nSPS) is 20.8. The lowest BCUT2D eigenvalue weighted by atomic mass is 9.94. The summed E-state index contributed by atoms with van der Waals surface area (Å²) in [5, 5.41) is 13.8. The molecule has 8 nitrogen and oxygen atoms in total. The number of amides is 1. The van der Waals surface area contributed by atoms with E-state index in [-0.39, 0.29) is 18.0 Å². The van der Waals surface area contributed by atoms with E-state index in [0.29, 0.717) is 12.1 Å². The van der Waals surface area contributed by atoms with Gasteiger partial charge in [-0.25, -0.2) is 9.03 Å². The fraction of sp³-hybridized carbons (Fsp3) is 0.611. The van der Waals surface area contributed by atoms with Gasteiger partial charge in [0.15, 0.2) is 0 Å². The number of carbonyl (C=O) groups excluding carboxylic acids is 1. The van der Waals surface area contributed by atoms with Crippen LogP contribution in [0.25, 0.3) is 0 Å². The molecule has 2 aliphatic heterocycles. The summed E-state index contributed by atoms with van der Waals surface area (Å²) in [7, 11) is -1.77. The van der Waals surface area contributed by atoms with Gasteiger partial charge in [0.05, 0.1) is 5.69 Å². The molecule has 1 aromatic carbocycles. The van der Waals surface area contributed by atoms with Gasteiger partial charge in [-0.15, -0.1) is 0 Å². The Bertz CT molecular complexity index is 781. The smallest absolute Gasteiger partial charge is 0.326 e. The Morgan fingerprint density at radius 2 is 2.00 bits per heavy atom. The quantitative estimate of drug-likeness (QED) is 0.612. The molecular weight excluding hydrogens is 368 g/mol. The number of likely N-dealkylation sites (tertiary alicyclic amines) is 1. The Kier molecular flexibility index (Phi) is 5.92. The number of hydrogen-bond donors (Lipinski definition) is 3. The fourth-order valence-electron chi connectivity index (χ4n) is 3.80. The Balaban J connectivity index is 1.58. The van der Waals surface area contributed by atoms with Crippen LogP contribution in [-0.4, -0.2) is 57.6 Å². The van der Waals surface area contributed by atoms with Crippen LogP contribution in [0.5, 0.6) is 5.75 Å². The average Bonchev–Trinajstić information content (AvgIpc) is 2.85. The second kappa shape index (κ2) is 8.04. The molecule has 0 aromatic heterocycles. The van der Waals surface area contributed by atoms with Crippen LogP contribution >= 0.6 is 0 Å². The van der Waals surface area contributed by atoms with E-state index >= 15 is 0 Å². The molecule has 3 N–H and O–H groups in total. The first-order chi connectivity index (χ1) is 12.8. The van der Waals surface area contributed by atoms with E-state index in [1.807, 2.05) is 10.8 Å². The third kappa shape index (κ3) is 4.72. The van der Waals surface area contributed by atoms with Crippen LogP contribution in [0.4, 0.5) is 5.69 Å². The number of nitrogens with one attached hydrogen (secondary N) is 2. The van der Waals surface area contributed by atoms with E-state index in [2.05, 4.69) is 17.3 Å². The van der Waals surface area contributed by atoms with Crippen molar-refractivity contribution in [1.82, 2.24) is 14.9 Å². The zero-order valence-electron chi connectivity index (χ0n) is 15.9. The number of benzene rings is 1. The van der Waals surface area contributed by atoms with Crippen molar-refractivity contribution in [3.05, 3.63) is 23.3 Å². The Labute approximate surface area is 160 Å². The van der Waals surface area contributed by atoms with E-state index in [0.717, 1.165) is 41.8 Å². The number of aromatic hydroxyl groups is 1. The lowest BCUT2D eigenvalue weighted by Gasteiger charge is -2.28. The minimum atomic E-state index is -3.93. The molecular formula is C18H28N4O4S. The molecule has 2 aliphatic rings. The van der Waals surface area contributed by atoms with E-state index < -0.39 is 16.1 Å². The lowest BCUT2D eigenvalue weighted by molar-refractivity contribution is -0.117. The second-order valence-electron chi connectivity index (χ2n) is 7.53. The maximum atomic E-state index is 12.0. The first kappa shape index (κ1) is 19.9. The molecule has 1 aromatic rings. The molecule has 2 saturated heterocycles. The molecule has 0 bridgehead atoms. The van der Waals surface area contributed by atoms with Crippen molar-refractivity contribution in [3.63, 3.8) is 0 Å². The Morgan fingerprint density at radius 3 is 2.59 bits per heavy atom. The minimum absolute atomic E-state index is 0.137. The number of rotatable bonds is 6. The zero-order valence-corrected chi connectivity index (χ0v) is 16.7. The molecule has 1 amide bonds. The van der Waals surface area contributed by atoms with Crippen LogP contribution in [0.1, 0.15) is 30.4 Å². The highest BCUT2D eigenvalue weighted by atomic mass is 32.2. The highest BCUT2D eigenvalue weighted by molar-refractivity contribution is 7.92. The summed E-state index contributed by atoms with van der Waals surface area (Å²) in [6, 6.07) is 3.40. The van der Waals surface area contributed by atoms with Crippen LogP contribution in [0.3, 0.4) is 0 Å². The van der Waals surface area contributed by atoms with Crippen LogP contribution in [0, 0.1) is 12.8 Å². The number of piperidine rings is 1. The highest BCUT2D eigenvalue weighted by Crippen LogP contribution is 2.35. The van der Waals surface area contributed by atoms with E-state index in [9.17, 15) is 18.3 Å². The van der Waals surface area contributed by atoms with Gasteiger partial charge in [-0.2, -0.15) is 8.42 Å². The van der Waals surface area contributed by atoms with Gasteiger partial charge in [-0.3, -0.25) is 4.79 Å². The van der Waals surface area contributed by atoms with Gasteiger partial charge in [0.1, 0.15) is 12.3 Å². The minimum Gasteiger partial charge on any atom is -0.506 e. The number of aryl methyl sites for hydroxylation is 1. The molecule has 0 unspecified atom stereocenters. The largest absolute Gasteiger partial charge is 0.506 e. The van der Waals surface area contributed by atoms with Gasteiger partial charge in [0.25, 0.3) is 5.91 Å². The molecule has 0 atom stereocenters. The van der Waals surface area contributed by atoms with Crippen molar-refractivity contribution >= 4 is 21.8 Å². The third-order valence-electron chi connectivity index (χ3n) is 5.31. The summed E-state index contributed by atoms with van der Waals surface area (Å²) in [5.41, 5.74) is 1.65. The van der Waals surface area contributed by atoms with Crippen LogP contribution < -0.4 is 14.3 Å². The van der Waals surface area contributed by atoms with Gasteiger partial charge in [0.2, 0.25) is 0 Å². The molecule has 3 rings (SSSR count). The molecule has 2 heterocycles. The number of phenolic OH excluding ortho intramolecular Hbond substituents is 1. The number of anilines is 1. The Hall–Kier alpha value is -1.84. The summed E-state index contributed by atoms with van der Waals surface area (Å²) in [4.78, 5) is 13.8. The van der Waals surface area contributed by atoms with E-state index in [4.69, 9.17) is 0 Å². The second-order valence-corrected chi connectivity index (χ2v) is 9.12. The fourth-order valence-corrected chi connectivity index (χ4v) is 5.02. The van der Waals surface area contributed by atoms with Crippen LogP contribution in [-0.2, 0) is 21.5 Å². The monoisotopic (exact) mass is 396 g/mol. The average molecular weight is 397 g/mol. The zero-order chi connectivity index (χ0) is 19.6. The van der Waals surface area contributed by atoms with Gasteiger partial charge < -0.3 is 15.3 Å². The van der Waals surface area contributed by atoms with Crippen molar-refractivity contribution in [3.8, 4) is 5.75 Å². The maximum Gasteiger partial charge on any atom is 0.326 e. The van der Waals surface area contributed by atoms with Gasteiger partial charge >= 0.3 is 10.2 Å². The molecule has 0 radical (unpaired) electrons. The molecule has 27 heavy (non-hydrogen) atoms. The van der Waals surface area contributed by atoms with Crippen LogP contribution in [0.2, 0.25) is 0 Å². The summed E-state index contributed by atoms with van der Waals surface area (Å²) in [5.74, 6) is 0.0206. The molecule has 150 valence electrons. The first-order valence-corrected chi connectivity index (χ1v) is 10.8.